The van der Waals surface area contributed by atoms with Crippen LogP contribution in [0, 0.1) is 0 Å². The number of furan rings is 1. The van der Waals surface area contributed by atoms with Crippen LogP contribution >= 0.6 is 0 Å². The number of fused-ring (bicyclic) bond motifs is 1. The lowest BCUT2D eigenvalue weighted by molar-refractivity contribution is -0.0780. The smallest absolute Gasteiger partial charge is 0.100 e. The van der Waals surface area contributed by atoms with E-state index in [-0.39, 0.29) is 12.2 Å². The summed E-state index contributed by atoms with van der Waals surface area (Å²) in [5.74, 6) is 0. The third kappa shape index (κ3) is 3.55. The monoisotopic (exact) mass is 331 g/mol. The highest BCUT2D eigenvalue weighted by Crippen LogP contribution is 2.31. The van der Waals surface area contributed by atoms with E-state index in [0.717, 1.165) is 45.7 Å². The van der Waals surface area contributed by atoms with E-state index in [4.69, 9.17) is 13.9 Å². The summed E-state index contributed by atoms with van der Waals surface area (Å²) in [5.41, 5.74) is 1.22. The van der Waals surface area contributed by atoms with Crippen LogP contribution in [0.25, 0.3) is 0 Å². The van der Waals surface area contributed by atoms with Crippen molar-refractivity contribution in [2.45, 2.75) is 50.6 Å². The topological polar surface area (TPSA) is 52.7 Å². The van der Waals surface area contributed by atoms with Gasteiger partial charge in [-0.1, -0.05) is 0 Å². The minimum atomic E-state index is 0.167. The van der Waals surface area contributed by atoms with Crippen molar-refractivity contribution in [3.05, 3.63) is 42.6 Å². The fraction of sp³-hybridized carbons (Fsp3) is 0.611. The van der Waals surface area contributed by atoms with Gasteiger partial charge in [0.25, 0.3) is 0 Å². The van der Waals surface area contributed by atoms with Crippen LogP contribution in [0.1, 0.15) is 24.8 Å². The van der Waals surface area contributed by atoms with E-state index in [1.807, 2.05) is 35.5 Å². The number of aryl methyl sites for hydroxylation is 1. The Labute approximate surface area is 142 Å². The van der Waals surface area contributed by atoms with Gasteiger partial charge in [0.15, 0.2) is 0 Å². The molecular formula is C18H25N3O3. The van der Waals surface area contributed by atoms with Gasteiger partial charge < -0.3 is 13.9 Å². The molecule has 0 radical (unpaired) electrons. The van der Waals surface area contributed by atoms with Crippen LogP contribution in [0.5, 0.6) is 0 Å². The molecule has 0 saturated carbocycles. The Morgan fingerprint density at radius 1 is 1.38 bits per heavy atom. The van der Waals surface area contributed by atoms with Gasteiger partial charge >= 0.3 is 0 Å². The fourth-order valence-electron chi connectivity index (χ4n) is 3.84. The van der Waals surface area contributed by atoms with Crippen LogP contribution in [0.15, 0.2) is 41.5 Å². The van der Waals surface area contributed by atoms with Crippen molar-refractivity contribution in [1.82, 2.24) is 14.7 Å². The predicted octanol–water partition coefficient (Wildman–Crippen LogP) is 2.31. The Bertz CT molecular complexity index is 599. The van der Waals surface area contributed by atoms with Crippen LogP contribution in [0.3, 0.4) is 0 Å². The van der Waals surface area contributed by atoms with Crippen molar-refractivity contribution < 1.29 is 13.9 Å². The summed E-state index contributed by atoms with van der Waals surface area (Å²) in [7, 11) is 0. The molecule has 130 valence electrons. The molecule has 2 aliphatic rings. The zero-order valence-electron chi connectivity index (χ0n) is 13.9. The van der Waals surface area contributed by atoms with Crippen molar-refractivity contribution in [2.75, 3.05) is 19.8 Å². The van der Waals surface area contributed by atoms with Gasteiger partial charge in [-0.2, -0.15) is 5.10 Å². The minimum absolute atomic E-state index is 0.167. The lowest BCUT2D eigenvalue weighted by Gasteiger charge is -2.32. The summed E-state index contributed by atoms with van der Waals surface area (Å²) in [6.45, 7) is 4.34. The zero-order valence-corrected chi connectivity index (χ0v) is 13.9. The van der Waals surface area contributed by atoms with Crippen molar-refractivity contribution in [3.63, 3.8) is 0 Å². The SMILES string of the molecule is c1cnn(CCCO[C@@H]2CN(Cc3ccoc3)[C@H]3CCCO[C@@H]23)c1. The maximum Gasteiger partial charge on any atom is 0.100 e. The molecule has 0 spiro atoms. The summed E-state index contributed by atoms with van der Waals surface area (Å²) < 4.78 is 19.4. The van der Waals surface area contributed by atoms with Crippen LogP contribution in [-0.2, 0) is 22.6 Å². The Kier molecular flexibility index (Phi) is 4.96. The molecule has 2 aliphatic heterocycles. The van der Waals surface area contributed by atoms with Crippen LogP contribution in [-0.4, -0.2) is 52.7 Å². The van der Waals surface area contributed by atoms with Gasteiger partial charge in [-0.25, -0.2) is 0 Å². The zero-order chi connectivity index (χ0) is 16.2. The van der Waals surface area contributed by atoms with E-state index < -0.39 is 0 Å². The first kappa shape index (κ1) is 15.9. The summed E-state index contributed by atoms with van der Waals surface area (Å²) in [6, 6.07) is 4.45. The standard InChI is InChI=1S/C18H25N3O3/c1-4-16-18(24-9-1)17(13-20(16)12-15-5-11-22-14-15)23-10-3-8-21-7-2-6-19-21/h2,5-7,11,14,16-18H,1,3-4,8-10,12-13H2/t16-,17+,18+/m0/s1. The normalized spacial score (nSPS) is 27.4. The maximum absolute atomic E-state index is 6.19. The first-order chi connectivity index (χ1) is 11.9. The van der Waals surface area contributed by atoms with E-state index in [1.165, 1.54) is 12.0 Å². The quantitative estimate of drug-likeness (QED) is 0.729. The van der Waals surface area contributed by atoms with Gasteiger partial charge in [0.1, 0.15) is 6.10 Å². The third-order valence-electron chi connectivity index (χ3n) is 4.97. The van der Waals surface area contributed by atoms with Crippen molar-refractivity contribution >= 4 is 0 Å². The Hall–Kier alpha value is -1.63. The van der Waals surface area contributed by atoms with Crippen LogP contribution in [0.2, 0.25) is 0 Å². The third-order valence-corrected chi connectivity index (χ3v) is 4.97. The summed E-state index contributed by atoms with van der Waals surface area (Å²) >= 11 is 0. The average Bonchev–Trinajstić information content (AvgIpc) is 3.35. The highest BCUT2D eigenvalue weighted by molar-refractivity contribution is 5.08. The molecule has 2 saturated heterocycles. The van der Waals surface area contributed by atoms with Crippen LogP contribution < -0.4 is 0 Å². The van der Waals surface area contributed by atoms with Crippen molar-refractivity contribution in [2.24, 2.45) is 0 Å². The van der Waals surface area contributed by atoms with Crippen molar-refractivity contribution in [1.29, 1.82) is 0 Å². The number of hydrogen-bond donors (Lipinski definition) is 0. The van der Waals surface area contributed by atoms with Crippen LogP contribution in [0.4, 0.5) is 0 Å². The number of rotatable bonds is 7. The minimum Gasteiger partial charge on any atom is -0.472 e. The van der Waals surface area contributed by atoms with Gasteiger partial charge in [-0.3, -0.25) is 9.58 Å². The first-order valence-electron chi connectivity index (χ1n) is 8.86. The molecule has 0 N–H and O–H groups in total. The maximum atomic E-state index is 6.19. The molecule has 0 amide bonds. The summed E-state index contributed by atoms with van der Waals surface area (Å²) in [6.07, 6.45) is 11.0. The highest BCUT2D eigenvalue weighted by Gasteiger charge is 2.44. The molecule has 2 fully saturated rings. The number of nitrogens with zero attached hydrogens (tertiary/aromatic N) is 3. The molecule has 0 aromatic carbocycles. The molecule has 3 atom stereocenters. The van der Waals surface area contributed by atoms with Gasteiger partial charge in [-0.05, 0) is 31.4 Å². The first-order valence-corrected chi connectivity index (χ1v) is 8.86. The molecule has 0 unspecified atom stereocenters. The predicted molar refractivity (Wildman–Crippen MR) is 88.5 cm³/mol. The molecule has 2 aromatic heterocycles. The molecule has 6 heteroatoms. The molecule has 0 aliphatic carbocycles. The molecule has 0 bridgehead atoms. The number of ether oxygens (including phenoxy) is 2. The van der Waals surface area contributed by atoms with Gasteiger partial charge in [0.2, 0.25) is 0 Å². The van der Waals surface area contributed by atoms with E-state index in [2.05, 4.69) is 10.00 Å². The number of likely N-dealkylation sites (tertiary alicyclic amines) is 1. The lowest BCUT2D eigenvalue weighted by Crippen LogP contribution is -2.41. The molecule has 4 rings (SSSR count). The molecule has 6 nitrogen and oxygen atoms in total. The van der Waals surface area contributed by atoms with E-state index >= 15 is 0 Å². The highest BCUT2D eigenvalue weighted by atomic mass is 16.5. The molecule has 2 aromatic rings. The fourth-order valence-corrected chi connectivity index (χ4v) is 3.84. The largest absolute Gasteiger partial charge is 0.472 e. The number of aromatic nitrogens is 2. The molecular weight excluding hydrogens is 306 g/mol. The molecule has 4 heterocycles. The summed E-state index contributed by atoms with van der Waals surface area (Å²) in [4.78, 5) is 2.49. The lowest BCUT2D eigenvalue weighted by atomic mass is 10.0. The van der Waals surface area contributed by atoms with E-state index in [9.17, 15) is 0 Å². The Balaban J connectivity index is 1.30. The Morgan fingerprint density at radius 3 is 3.21 bits per heavy atom. The van der Waals surface area contributed by atoms with Gasteiger partial charge in [0, 0.05) is 56.8 Å². The second-order valence-electron chi connectivity index (χ2n) is 6.64. The van der Waals surface area contributed by atoms with Gasteiger partial charge in [-0.15, -0.1) is 0 Å². The summed E-state index contributed by atoms with van der Waals surface area (Å²) in [5, 5.41) is 4.22. The van der Waals surface area contributed by atoms with E-state index in [1.54, 1.807) is 6.26 Å². The second-order valence-corrected chi connectivity index (χ2v) is 6.64. The number of hydrogen-bond acceptors (Lipinski definition) is 5. The second kappa shape index (κ2) is 7.51. The Morgan fingerprint density at radius 2 is 2.38 bits per heavy atom. The van der Waals surface area contributed by atoms with Crippen molar-refractivity contribution in [3.8, 4) is 0 Å². The van der Waals surface area contributed by atoms with Gasteiger partial charge in [0.05, 0.1) is 18.6 Å². The average molecular weight is 331 g/mol. The van der Waals surface area contributed by atoms with E-state index in [0.29, 0.717) is 6.04 Å². The molecule has 24 heavy (non-hydrogen) atoms.